The van der Waals surface area contributed by atoms with Crippen molar-refractivity contribution >= 4 is 56.7 Å². The lowest BCUT2D eigenvalue weighted by Crippen LogP contribution is -2.49. The van der Waals surface area contributed by atoms with Gasteiger partial charge in [-0.2, -0.15) is 9.57 Å². The number of aromatic nitrogens is 3. The summed E-state index contributed by atoms with van der Waals surface area (Å²) in [5.41, 5.74) is 0.00391. The number of fused-ring (bicyclic) bond motifs is 1. The molecule has 2 aliphatic rings. The summed E-state index contributed by atoms with van der Waals surface area (Å²) in [6.45, 7) is 4.76. The van der Waals surface area contributed by atoms with Gasteiger partial charge in [-0.1, -0.05) is 47.5 Å². The number of carbonyl (C=O) groups excluding carboxylic acids is 2. The first-order chi connectivity index (χ1) is 23.1. The summed E-state index contributed by atoms with van der Waals surface area (Å²) >= 11 is 12.6. The van der Waals surface area contributed by atoms with Crippen LogP contribution in [0.3, 0.4) is 0 Å². The number of rotatable bonds is 9. The molecular formula is C34H33Cl2N7O5S. The van der Waals surface area contributed by atoms with Gasteiger partial charge in [0.05, 0.1) is 17.5 Å². The maximum absolute atomic E-state index is 14.5. The van der Waals surface area contributed by atoms with Gasteiger partial charge in [0.1, 0.15) is 23.3 Å². The van der Waals surface area contributed by atoms with Crippen molar-refractivity contribution in [3.63, 3.8) is 0 Å². The molecule has 0 spiro atoms. The average Bonchev–Trinajstić information content (AvgIpc) is 3.77. The van der Waals surface area contributed by atoms with Gasteiger partial charge in [-0.3, -0.25) is 14.2 Å². The number of sulfonamides is 1. The number of hydrogen-bond donors (Lipinski definition) is 2. The number of nitriles is 1. The molecule has 2 N–H and O–H groups in total. The zero-order valence-corrected chi connectivity index (χ0v) is 29.2. The molecule has 2 atom stereocenters. The van der Waals surface area contributed by atoms with E-state index in [-0.39, 0.29) is 52.6 Å². The number of anilines is 2. The third-order valence-corrected chi connectivity index (χ3v) is 11.0. The Bertz CT molecular complexity index is 2090. The van der Waals surface area contributed by atoms with Gasteiger partial charge in [-0.25, -0.2) is 23.3 Å². The number of pyridine rings is 1. The Morgan fingerprint density at radius 1 is 1.14 bits per heavy atom. The van der Waals surface area contributed by atoms with Crippen LogP contribution in [-0.2, 0) is 31.6 Å². The minimum atomic E-state index is -4.39. The van der Waals surface area contributed by atoms with Crippen molar-refractivity contribution < 1.29 is 23.1 Å². The Morgan fingerprint density at radius 2 is 1.84 bits per heavy atom. The number of amides is 2. The van der Waals surface area contributed by atoms with Crippen LogP contribution in [0.1, 0.15) is 44.9 Å². The van der Waals surface area contributed by atoms with Crippen molar-refractivity contribution in [2.45, 2.75) is 62.2 Å². The monoisotopic (exact) mass is 721 g/mol. The molecule has 6 rings (SSSR count). The molecule has 1 saturated heterocycles. The van der Waals surface area contributed by atoms with E-state index in [1.54, 1.807) is 51.2 Å². The number of carbonyl (C=O) groups is 2. The molecule has 2 unspecified atom stereocenters. The molecule has 1 fully saturated rings. The summed E-state index contributed by atoms with van der Waals surface area (Å²) in [7, 11) is -4.39. The first-order valence-electron chi connectivity index (χ1n) is 15.5. The maximum atomic E-state index is 14.5. The van der Waals surface area contributed by atoms with Crippen molar-refractivity contribution in [2.75, 3.05) is 18.0 Å². The lowest BCUT2D eigenvalue weighted by Gasteiger charge is -2.29. The van der Waals surface area contributed by atoms with Gasteiger partial charge < -0.3 is 10.4 Å². The van der Waals surface area contributed by atoms with E-state index in [0.29, 0.717) is 23.2 Å². The van der Waals surface area contributed by atoms with Crippen LogP contribution >= 0.6 is 23.2 Å². The van der Waals surface area contributed by atoms with E-state index in [4.69, 9.17) is 23.2 Å². The van der Waals surface area contributed by atoms with Gasteiger partial charge in [0.25, 0.3) is 15.9 Å². The van der Waals surface area contributed by atoms with Crippen LogP contribution in [0.4, 0.5) is 11.6 Å². The summed E-state index contributed by atoms with van der Waals surface area (Å²) in [6, 6.07) is 16.5. The first-order valence-corrected chi connectivity index (χ1v) is 17.7. The highest BCUT2D eigenvalue weighted by Gasteiger charge is 2.53. The second kappa shape index (κ2) is 12.9. The summed E-state index contributed by atoms with van der Waals surface area (Å²) in [4.78, 5) is 37.6. The molecule has 4 heterocycles. The van der Waals surface area contributed by atoms with Crippen molar-refractivity contribution in [3.05, 3.63) is 88.3 Å². The zero-order chi connectivity index (χ0) is 35.3. The van der Waals surface area contributed by atoms with Crippen LogP contribution in [0, 0.1) is 11.3 Å². The van der Waals surface area contributed by atoms with Crippen LogP contribution in [0.25, 0.3) is 11.1 Å². The van der Waals surface area contributed by atoms with Crippen LogP contribution in [0.2, 0.25) is 10.0 Å². The van der Waals surface area contributed by atoms with Crippen LogP contribution in [0.5, 0.6) is 0 Å². The predicted molar refractivity (Wildman–Crippen MR) is 184 cm³/mol. The van der Waals surface area contributed by atoms with Crippen molar-refractivity contribution in [1.82, 2.24) is 24.2 Å². The summed E-state index contributed by atoms with van der Waals surface area (Å²) in [5.74, 6) is -0.932. The fourth-order valence-corrected chi connectivity index (χ4v) is 8.73. The molecule has 2 aromatic heterocycles. The lowest BCUT2D eigenvalue weighted by molar-refractivity contribution is -0.125. The first kappa shape index (κ1) is 34.5. The number of nitrogens with zero attached hydrogens (tertiary/aromatic N) is 6. The predicted octanol–water partition coefficient (Wildman–Crippen LogP) is 4.80. The van der Waals surface area contributed by atoms with Crippen LogP contribution in [0.15, 0.2) is 72.0 Å². The van der Waals surface area contributed by atoms with E-state index in [9.17, 15) is 28.4 Å². The van der Waals surface area contributed by atoms with Crippen molar-refractivity contribution in [3.8, 4) is 17.2 Å². The Balaban J connectivity index is 1.42. The highest BCUT2D eigenvalue weighted by atomic mass is 35.5. The lowest BCUT2D eigenvalue weighted by atomic mass is 9.91. The summed E-state index contributed by atoms with van der Waals surface area (Å²) in [6.07, 6.45) is 3.55. The van der Waals surface area contributed by atoms with Gasteiger partial charge in [0.15, 0.2) is 5.03 Å². The summed E-state index contributed by atoms with van der Waals surface area (Å²) < 4.78 is 31.5. The molecular weight excluding hydrogens is 689 g/mol. The van der Waals surface area contributed by atoms with Crippen LogP contribution < -0.4 is 10.2 Å². The van der Waals surface area contributed by atoms with Crippen LogP contribution in [-0.4, -0.2) is 68.9 Å². The molecule has 0 bridgehead atoms. The molecule has 0 aliphatic carbocycles. The quantitative estimate of drug-likeness (QED) is 0.249. The third kappa shape index (κ3) is 6.42. The fourth-order valence-electron chi connectivity index (χ4n) is 6.37. The second-order valence-corrected chi connectivity index (χ2v) is 15.7. The molecule has 0 saturated carbocycles. The largest absolute Gasteiger partial charge is 0.389 e. The van der Waals surface area contributed by atoms with E-state index < -0.39 is 39.0 Å². The maximum Gasteiger partial charge on any atom is 0.261 e. The third-order valence-electron chi connectivity index (χ3n) is 8.68. The topological polar surface area (TPSA) is 162 Å². The number of imidazole rings is 1. The molecule has 15 heteroatoms. The van der Waals surface area contributed by atoms with Gasteiger partial charge in [0.2, 0.25) is 11.9 Å². The average molecular weight is 723 g/mol. The van der Waals surface area contributed by atoms with Crippen molar-refractivity contribution in [2.24, 2.45) is 0 Å². The molecule has 2 aliphatic heterocycles. The molecule has 0 radical (unpaired) electrons. The SMILES string of the molecule is CC(C)(O)CNC(=O)C1CCCN1S(=O)(=O)c1cnc2n1C(C)(Cc1ccc(-c3cccnc3C#N)cc1)C(=O)N2c1cc(Cl)cc(Cl)c1. The Labute approximate surface area is 294 Å². The van der Waals surface area contributed by atoms with Gasteiger partial charge in [0, 0.05) is 41.3 Å². The highest BCUT2D eigenvalue weighted by molar-refractivity contribution is 7.89. The van der Waals surface area contributed by atoms with E-state index in [2.05, 4.69) is 21.4 Å². The molecule has 2 amide bonds. The van der Waals surface area contributed by atoms with E-state index >= 15 is 0 Å². The Hall–Kier alpha value is -4.32. The van der Waals surface area contributed by atoms with E-state index in [1.165, 1.54) is 21.7 Å². The minimum absolute atomic E-state index is 0.0530. The molecule has 12 nitrogen and oxygen atoms in total. The number of halogens is 2. The Morgan fingerprint density at radius 3 is 2.49 bits per heavy atom. The Kier molecular flexibility index (Phi) is 9.06. The molecule has 2 aromatic carbocycles. The highest BCUT2D eigenvalue weighted by Crippen LogP contribution is 2.45. The number of hydrogen-bond acceptors (Lipinski definition) is 8. The van der Waals surface area contributed by atoms with Gasteiger partial charge in [-0.15, -0.1) is 0 Å². The van der Waals surface area contributed by atoms with Crippen molar-refractivity contribution in [1.29, 1.82) is 5.26 Å². The fraction of sp³-hybridized carbons (Fsp3) is 0.324. The van der Waals surface area contributed by atoms with E-state index in [1.807, 2.05) is 24.3 Å². The zero-order valence-electron chi connectivity index (χ0n) is 26.9. The molecule has 4 aromatic rings. The minimum Gasteiger partial charge on any atom is -0.389 e. The van der Waals surface area contributed by atoms with E-state index in [0.717, 1.165) is 9.87 Å². The van der Waals surface area contributed by atoms with Gasteiger partial charge in [-0.05, 0) is 75.1 Å². The number of nitrogens with one attached hydrogen (secondary N) is 1. The number of aliphatic hydroxyl groups is 1. The number of benzene rings is 2. The second-order valence-electron chi connectivity index (χ2n) is 13.0. The van der Waals surface area contributed by atoms with Gasteiger partial charge >= 0.3 is 0 Å². The standard InChI is InChI=1S/C34H33Cl2N7O5S/c1-33(2,46)20-40-30(44)28-7-5-13-41(28)49(47,48)29-19-39-32-42(25-15-23(35)14-24(36)16-25)31(45)34(3,43(29)32)17-21-8-10-22(11-9-21)26-6-4-12-38-27(26)18-37/h4,6,8-12,14-16,19,28,46H,5,7,13,17,20H2,1-3H3,(H,40,44). The normalized spacial score (nSPS) is 19.6. The molecule has 254 valence electrons. The molecule has 49 heavy (non-hydrogen) atoms. The summed E-state index contributed by atoms with van der Waals surface area (Å²) in [5, 5.41) is 22.6. The smallest absolute Gasteiger partial charge is 0.261 e.